The fourth-order valence-electron chi connectivity index (χ4n) is 1.74. The van der Waals surface area contributed by atoms with Crippen molar-refractivity contribution in [3.8, 4) is 0 Å². The van der Waals surface area contributed by atoms with Gasteiger partial charge in [-0.05, 0) is 46.1 Å². The van der Waals surface area contributed by atoms with Gasteiger partial charge in [-0.2, -0.15) is 0 Å². The van der Waals surface area contributed by atoms with E-state index in [0.717, 1.165) is 10.4 Å². The third-order valence-electron chi connectivity index (χ3n) is 2.82. The lowest BCUT2D eigenvalue weighted by Gasteiger charge is -2.06. The Hall–Kier alpha value is -0.440. The molecule has 0 saturated carbocycles. The van der Waals surface area contributed by atoms with E-state index in [1.54, 1.807) is 18.2 Å². The number of benzene rings is 1. The van der Waals surface area contributed by atoms with Crippen molar-refractivity contribution in [3.63, 3.8) is 0 Å². The van der Waals surface area contributed by atoms with Gasteiger partial charge in [-0.3, -0.25) is 0 Å². The lowest BCUT2D eigenvalue weighted by molar-refractivity contribution is 0.581. The smallest absolute Gasteiger partial charge is 0.242 e. The number of nitrogens with one attached hydrogen (secondary N) is 1. The molecule has 3 N–H and O–H groups in total. The van der Waals surface area contributed by atoms with Crippen molar-refractivity contribution in [2.24, 2.45) is 5.73 Å². The zero-order valence-electron chi connectivity index (χ0n) is 11.0. The molecule has 8 heteroatoms. The van der Waals surface area contributed by atoms with Crippen LogP contribution in [0, 0.1) is 0 Å². The first-order valence-corrected chi connectivity index (χ1v) is 9.62. The molecular weight excluding hydrogens is 396 g/mol. The predicted octanol–water partition coefficient (Wildman–Crippen LogP) is 3.14. The first-order chi connectivity index (χ1) is 9.92. The third kappa shape index (κ3) is 4.51. The highest BCUT2D eigenvalue weighted by atomic mass is 79.9. The van der Waals surface area contributed by atoms with Crippen LogP contribution in [0.1, 0.15) is 10.4 Å². The predicted molar refractivity (Wildman–Crippen MR) is 90.3 cm³/mol. The van der Waals surface area contributed by atoms with Crippen LogP contribution in [-0.2, 0) is 23.0 Å². The Morgan fingerprint density at radius 3 is 2.52 bits per heavy atom. The summed E-state index contributed by atoms with van der Waals surface area (Å²) in [6, 6.07) is 8.93. The zero-order chi connectivity index (χ0) is 15.5. The van der Waals surface area contributed by atoms with Gasteiger partial charge in [0.05, 0.1) is 3.79 Å². The van der Waals surface area contributed by atoms with E-state index in [1.165, 1.54) is 11.3 Å². The second kappa shape index (κ2) is 7.21. The molecule has 0 fully saturated rings. The van der Waals surface area contributed by atoms with Crippen LogP contribution in [0.2, 0.25) is 5.02 Å². The number of hydrogen-bond acceptors (Lipinski definition) is 4. The summed E-state index contributed by atoms with van der Waals surface area (Å²) in [7, 11) is -3.53. The van der Waals surface area contributed by atoms with Crippen molar-refractivity contribution in [3.05, 3.63) is 49.6 Å². The maximum absolute atomic E-state index is 12.2. The normalized spacial score (nSPS) is 11.8. The van der Waals surface area contributed by atoms with Crippen molar-refractivity contribution in [1.29, 1.82) is 0 Å². The van der Waals surface area contributed by atoms with Gasteiger partial charge in [-0.25, -0.2) is 13.1 Å². The molecule has 1 aromatic heterocycles. The van der Waals surface area contributed by atoms with E-state index in [2.05, 4.69) is 20.7 Å². The molecule has 0 spiro atoms. The Labute approximate surface area is 141 Å². The summed E-state index contributed by atoms with van der Waals surface area (Å²) in [4.78, 5) is 1.06. The molecule has 0 radical (unpaired) electrons. The van der Waals surface area contributed by atoms with Gasteiger partial charge in [0.2, 0.25) is 10.0 Å². The standard InChI is InChI=1S/C13H14BrClN2O2S2/c14-13-12(7-11(8-16)20-13)21(18,19)17-6-5-9-1-3-10(15)4-2-9/h1-4,7,17H,5-6,8,16H2. The summed E-state index contributed by atoms with van der Waals surface area (Å²) in [6.07, 6.45) is 0.599. The number of halogens is 2. The minimum absolute atomic E-state index is 0.240. The first-order valence-electron chi connectivity index (χ1n) is 6.15. The maximum atomic E-state index is 12.2. The van der Waals surface area contributed by atoms with Gasteiger partial charge in [0.25, 0.3) is 0 Å². The highest BCUT2D eigenvalue weighted by Crippen LogP contribution is 2.31. The largest absolute Gasteiger partial charge is 0.326 e. The molecule has 4 nitrogen and oxygen atoms in total. The first kappa shape index (κ1) is 16.9. The number of nitrogens with two attached hydrogens (primary N) is 1. The zero-order valence-corrected chi connectivity index (χ0v) is 14.9. The summed E-state index contributed by atoms with van der Waals surface area (Å²) >= 11 is 10.4. The van der Waals surface area contributed by atoms with Gasteiger partial charge < -0.3 is 5.73 Å². The Kier molecular flexibility index (Phi) is 5.81. The van der Waals surface area contributed by atoms with Crippen molar-refractivity contribution in [1.82, 2.24) is 4.72 Å². The van der Waals surface area contributed by atoms with Crippen molar-refractivity contribution < 1.29 is 8.42 Å². The number of sulfonamides is 1. The van der Waals surface area contributed by atoms with Crippen LogP contribution in [0.25, 0.3) is 0 Å². The Morgan fingerprint density at radius 1 is 1.29 bits per heavy atom. The minimum Gasteiger partial charge on any atom is -0.326 e. The molecule has 1 heterocycles. The average molecular weight is 410 g/mol. The van der Waals surface area contributed by atoms with E-state index < -0.39 is 10.0 Å². The Morgan fingerprint density at radius 2 is 1.95 bits per heavy atom. The van der Waals surface area contributed by atoms with Crippen LogP contribution < -0.4 is 10.5 Å². The fraction of sp³-hybridized carbons (Fsp3) is 0.231. The van der Waals surface area contributed by atoms with Crippen molar-refractivity contribution in [2.75, 3.05) is 6.54 Å². The van der Waals surface area contributed by atoms with Gasteiger partial charge >= 0.3 is 0 Å². The molecule has 0 aliphatic heterocycles. The van der Waals surface area contributed by atoms with Crippen LogP contribution in [0.3, 0.4) is 0 Å². The van der Waals surface area contributed by atoms with Gasteiger partial charge in [-0.1, -0.05) is 23.7 Å². The summed E-state index contributed by atoms with van der Waals surface area (Å²) in [5, 5.41) is 0.663. The van der Waals surface area contributed by atoms with Crippen LogP contribution in [0.5, 0.6) is 0 Å². The van der Waals surface area contributed by atoms with Crippen LogP contribution in [0.15, 0.2) is 39.0 Å². The number of hydrogen-bond donors (Lipinski definition) is 2. The summed E-state index contributed by atoms with van der Waals surface area (Å²) in [6.45, 7) is 0.647. The van der Waals surface area contributed by atoms with Gasteiger partial charge in [-0.15, -0.1) is 11.3 Å². The molecule has 0 aliphatic rings. The minimum atomic E-state index is -3.53. The average Bonchev–Trinajstić information content (AvgIpc) is 2.83. The third-order valence-corrected chi connectivity index (χ3v) is 6.80. The van der Waals surface area contributed by atoms with Gasteiger partial charge in [0, 0.05) is 23.0 Å². The second-order valence-corrected chi connectivity index (χ2v) is 8.96. The lowest BCUT2D eigenvalue weighted by atomic mass is 10.2. The molecular formula is C13H14BrClN2O2S2. The molecule has 0 aliphatic carbocycles. The van der Waals surface area contributed by atoms with Gasteiger partial charge in [0.1, 0.15) is 4.90 Å². The quantitative estimate of drug-likeness (QED) is 0.770. The highest BCUT2D eigenvalue weighted by molar-refractivity contribution is 9.11. The fourth-order valence-corrected chi connectivity index (χ4v) is 5.46. The van der Waals surface area contributed by atoms with Crippen LogP contribution in [0.4, 0.5) is 0 Å². The summed E-state index contributed by atoms with van der Waals surface area (Å²) in [5.74, 6) is 0. The van der Waals surface area contributed by atoms with Gasteiger partial charge in [0.15, 0.2) is 0 Å². The summed E-state index contributed by atoms with van der Waals surface area (Å²) < 4.78 is 27.6. The lowest BCUT2D eigenvalue weighted by Crippen LogP contribution is -2.25. The van der Waals surface area contributed by atoms with E-state index in [-0.39, 0.29) is 4.90 Å². The van der Waals surface area contributed by atoms with Crippen LogP contribution >= 0.6 is 38.9 Å². The molecule has 1 aromatic carbocycles. The van der Waals surface area contributed by atoms with E-state index in [1.807, 2.05) is 12.1 Å². The molecule has 21 heavy (non-hydrogen) atoms. The Balaban J connectivity index is 2.01. The molecule has 0 saturated heterocycles. The monoisotopic (exact) mass is 408 g/mol. The van der Waals surface area contributed by atoms with E-state index in [4.69, 9.17) is 17.3 Å². The van der Waals surface area contributed by atoms with Crippen molar-refractivity contribution >= 4 is 48.9 Å². The number of thiophene rings is 1. The highest BCUT2D eigenvalue weighted by Gasteiger charge is 2.20. The molecule has 0 bridgehead atoms. The second-order valence-electron chi connectivity index (χ2n) is 4.33. The topological polar surface area (TPSA) is 72.2 Å². The SMILES string of the molecule is NCc1cc(S(=O)(=O)NCCc2ccc(Cl)cc2)c(Br)s1. The molecule has 0 atom stereocenters. The molecule has 0 unspecified atom stereocenters. The molecule has 0 amide bonds. The van der Waals surface area contributed by atoms with Crippen molar-refractivity contribution in [2.45, 2.75) is 17.9 Å². The van der Waals surface area contributed by atoms with E-state index >= 15 is 0 Å². The summed E-state index contributed by atoms with van der Waals surface area (Å²) in [5.41, 5.74) is 6.55. The van der Waals surface area contributed by atoms with Crippen LogP contribution in [-0.4, -0.2) is 15.0 Å². The van der Waals surface area contributed by atoms with E-state index in [9.17, 15) is 8.42 Å². The Bertz CT molecular complexity index is 714. The number of rotatable bonds is 6. The molecule has 2 rings (SSSR count). The van der Waals surface area contributed by atoms with E-state index in [0.29, 0.717) is 28.3 Å². The maximum Gasteiger partial charge on any atom is 0.242 e. The molecule has 114 valence electrons. The molecule has 2 aromatic rings.